The number of hydrogen-bond donors (Lipinski definition) is 1. The molecule has 0 radical (unpaired) electrons. The van der Waals surface area contributed by atoms with Gasteiger partial charge in [-0.05, 0) is 91.3 Å². The quantitative estimate of drug-likeness (QED) is 0.139. The number of esters is 1. The maximum absolute atomic E-state index is 11.8. The van der Waals surface area contributed by atoms with Gasteiger partial charge in [0.2, 0.25) is 0 Å². The Morgan fingerprint density at radius 2 is 1.49 bits per heavy atom. The van der Waals surface area contributed by atoms with E-state index in [0.29, 0.717) is 19.6 Å². The summed E-state index contributed by atoms with van der Waals surface area (Å²) in [4.78, 5) is 20.3. The molecule has 0 saturated heterocycles. The number of aromatic hydroxyl groups is 1. The van der Waals surface area contributed by atoms with Crippen molar-refractivity contribution in [3.8, 4) is 33.8 Å². The molecule has 0 bridgehead atoms. The highest BCUT2D eigenvalue weighted by molar-refractivity contribution is 5.74. The molecule has 0 amide bonds. The molecule has 0 aliphatic rings. The summed E-state index contributed by atoms with van der Waals surface area (Å²) >= 11 is 0. The van der Waals surface area contributed by atoms with E-state index in [-0.39, 0.29) is 18.1 Å². The first-order valence-corrected chi connectivity index (χ1v) is 13.7. The molecule has 6 heteroatoms. The molecule has 1 N–H and O–H groups in total. The van der Waals surface area contributed by atoms with E-state index in [1.54, 1.807) is 25.4 Å². The van der Waals surface area contributed by atoms with Gasteiger partial charge in [0.25, 0.3) is 0 Å². The fourth-order valence-corrected chi connectivity index (χ4v) is 4.65. The van der Waals surface area contributed by atoms with Crippen molar-refractivity contribution < 1.29 is 19.4 Å². The average Bonchev–Trinajstić information content (AvgIpc) is 2.97. The van der Waals surface area contributed by atoms with E-state index in [1.165, 1.54) is 0 Å². The molecule has 0 atom stereocenters. The first kappa shape index (κ1) is 27.8. The third kappa shape index (κ3) is 8.40. The van der Waals surface area contributed by atoms with Gasteiger partial charge in [-0.25, -0.2) is 0 Å². The number of nitrogens with zero attached hydrogens (tertiary/aromatic N) is 2. The number of pyridine rings is 2. The topological polar surface area (TPSA) is 81.5 Å². The predicted octanol–water partition coefficient (Wildman–Crippen LogP) is 7.19. The first-order chi connectivity index (χ1) is 19.1. The van der Waals surface area contributed by atoms with Crippen LogP contribution in [-0.2, 0) is 22.4 Å². The second-order valence-electron chi connectivity index (χ2n) is 9.46. The number of aryl methyl sites for hydroxylation is 1. The Balaban J connectivity index is 1.28. The fourth-order valence-electron chi connectivity index (χ4n) is 4.65. The van der Waals surface area contributed by atoms with Gasteiger partial charge < -0.3 is 14.6 Å². The van der Waals surface area contributed by atoms with Crippen molar-refractivity contribution in [2.24, 2.45) is 0 Å². The molecule has 0 saturated carbocycles. The molecule has 202 valence electrons. The summed E-state index contributed by atoms with van der Waals surface area (Å²) in [5.41, 5.74) is 6.16. The molecule has 39 heavy (non-hydrogen) atoms. The molecule has 4 rings (SSSR count). The summed E-state index contributed by atoms with van der Waals surface area (Å²) in [7, 11) is 0. The van der Waals surface area contributed by atoms with Crippen molar-refractivity contribution in [2.45, 2.75) is 51.9 Å². The van der Waals surface area contributed by atoms with E-state index in [0.717, 1.165) is 71.2 Å². The van der Waals surface area contributed by atoms with Gasteiger partial charge in [0.15, 0.2) is 0 Å². The third-order valence-corrected chi connectivity index (χ3v) is 6.64. The van der Waals surface area contributed by atoms with Crippen molar-refractivity contribution >= 4 is 5.97 Å². The molecule has 0 aliphatic carbocycles. The Labute approximate surface area is 230 Å². The number of aromatic nitrogens is 2. The highest BCUT2D eigenvalue weighted by atomic mass is 16.5. The number of rotatable bonds is 14. The SMILES string of the molecule is CCOC(=O)CCc1c(O)cccc1CCCCCCOc1cc(-c2cccnc2)cc(-c2cccnc2)c1. The van der Waals surface area contributed by atoms with Crippen LogP contribution in [0, 0.1) is 0 Å². The predicted molar refractivity (Wildman–Crippen MR) is 154 cm³/mol. The monoisotopic (exact) mass is 524 g/mol. The van der Waals surface area contributed by atoms with Gasteiger partial charge in [0.1, 0.15) is 11.5 Å². The van der Waals surface area contributed by atoms with E-state index >= 15 is 0 Å². The van der Waals surface area contributed by atoms with E-state index < -0.39 is 0 Å². The second kappa shape index (κ2) is 14.7. The Bertz CT molecular complexity index is 1270. The van der Waals surface area contributed by atoms with Crippen molar-refractivity contribution in [2.75, 3.05) is 13.2 Å². The number of phenols is 1. The largest absolute Gasteiger partial charge is 0.508 e. The summed E-state index contributed by atoms with van der Waals surface area (Å²) in [6, 6.07) is 19.8. The Kier molecular flexibility index (Phi) is 10.5. The van der Waals surface area contributed by atoms with Crippen LogP contribution in [0.1, 0.15) is 50.2 Å². The van der Waals surface area contributed by atoms with Gasteiger partial charge in [-0.3, -0.25) is 14.8 Å². The molecule has 2 aromatic heterocycles. The smallest absolute Gasteiger partial charge is 0.306 e. The van der Waals surface area contributed by atoms with Crippen LogP contribution in [0.5, 0.6) is 11.5 Å². The maximum atomic E-state index is 11.8. The van der Waals surface area contributed by atoms with Crippen molar-refractivity contribution in [1.82, 2.24) is 9.97 Å². The lowest BCUT2D eigenvalue weighted by atomic mass is 9.97. The lowest BCUT2D eigenvalue weighted by Crippen LogP contribution is -2.06. The van der Waals surface area contributed by atoms with Crippen molar-refractivity contribution in [3.05, 3.63) is 96.6 Å². The first-order valence-electron chi connectivity index (χ1n) is 13.7. The van der Waals surface area contributed by atoms with Crippen LogP contribution in [0.25, 0.3) is 22.3 Å². The Hall–Kier alpha value is -4.19. The molecule has 0 fully saturated rings. The highest BCUT2D eigenvalue weighted by Crippen LogP contribution is 2.31. The van der Waals surface area contributed by atoms with Crippen LogP contribution >= 0.6 is 0 Å². The van der Waals surface area contributed by atoms with Crippen molar-refractivity contribution in [1.29, 1.82) is 0 Å². The molecular weight excluding hydrogens is 488 g/mol. The number of phenolic OH excluding ortho intramolecular Hbond substituents is 1. The number of ether oxygens (including phenoxy) is 2. The van der Waals surface area contributed by atoms with Gasteiger partial charge in [-0.1, -0.05) is 37.1 Å². The standard InChI is InChI=1S/C33H36N2O4/c1-2-38-33(37)16-15-31-25(11-7-14-32(31)36)10-5-3-4-6-19-39-30-21-28(26-12-8-17-34-23-26)20-29(22-30)27-13-9-18-35-24-27/h7-9,11-14,17-18,20-24,36H,2-6,10,15-16,19H2,1H3. The van der Waals surface area contributed by atoms with Gasteiger partial charge in [-0.2, -0.15) is 0 Å². The molecule has 0 unspecified atom stereocenters. The van der Waals surface area contributed by atoms with Gasteiger partial charge in [-0.15, -0.1) is 0 Å². The zero-order chi connectivity index (χ0) is 27.3. The number of benzene rings is 2. The Morgan fingerprint density at radius 3 is 2.13 bits per heavy atom. The maximum Gasteiger partial charge on any atom is 0.306 e. The molecule has 2 heterocycles. The minimum Gasteiger partial charge on any atom is -0.508 e. The highest BCUT2D eigenvalue weighted by Gasteiger charge is 2.11. The van der Waals surface area contributed by atoms with Gasteiger partial charge in [0.05, 0.1) is 13.2 Å². The number of carbonyl (C=O) groups excluding carboxylic acids is 1. The zero-order valence-electron chi connectivity index (χ0n) is 22.5. The number of hydrogen-bond acceptors (Lipinski definition) is 6. The fraction of sp³-hybridized carbons (Fsp3) is 0.303. The van der Waals surface area contributed by atoms with Gasteiger partial charge in [0, 0.05) is 42.3 Å². The summed E-state index contributed by atoms with van der Waals surface area (Å²) in [5, 5.41) is 10.3. The van der Waals surface area contributed by atoms with E-state index in [4.69, 9.17) is 9.47 Å². The van der Waals surface area contributed by atoms with Crippen LogP contribution in [0.4, 0.5) is 0 Å². The summed E-state index contributed by atoms with van der Waals surface area (Å²) in [6.45, 7) is 2.81. The van der Waals surface area contributed by atoms with E-state index in [2.05, 4.69) is 28.2 Å². The normalized spacial score (nSPS) is 10.8. The minimum absolute atomic E-state index is 0.231. The van der Waals surface area contributed by atoms with E-state index in [1.807, 2.05) is 48.8 Å². The summed E-state index contributed by atoms with van der Waals surface area (Å²) in [5.74, 6) is 0.857. The van der Waals surface area contributed by atoms with Crippen molar-refractivity contribution in [3.63, 3.8) is 0 Å². The lowest BCUT2D eigenvalue weighted by molar-refractivity contribution is -0.143. The molecular formula is C33H36N2O4. The van der Waals surface area contributed by atoms with Crippen LogP contribution in [0.3, 0.4) is 0 Å². The van der Waals surface area contributed by atoms with Crippen LogP contribution in [0.2, 0.25) is 0 Å². The van der Waals surface area contributed by atoms with Crippen LogP contribution in [0.15, 0.2) is 85.5 Å². The van der Waals surface area contributed by atoms with Crippen LogP contribution < -0.4 is 4.74 Å². The molecule has 2 aromatic carbocycles. The third-order valence-electron chi connectivity index (χ3n) is 6.64. The van der Waals surface area contributed by atoms with Gasteiger partial charge >= 0.3 is 5.97 Å². The lowest BCUT2D eigenvalue weighted by Gasteiger charge is -2.12. The minimum atomic E-state index is -0.231. The average molecular weight is 525 g/mol. The zero-order valence-corrected chi connectivity index (χ0v) is 22.5. The second-order valence-corrected chi connectivity index (χ2v) is 9.46. The number of unbranched alkanes of at least 4 members (excludes halogenated alkanes) is 3. The summed E-state index contributed by atoms with van der Waals surface area (Å²) in [6.07, 6.45) is 13.0. The molecule has 0 aliphatic heterocycles. The number of carbonyl (C=O) groups is 1. The summed E-state index contributed by atoms with van der Waals surface area (Å²) < 4.78 is 11.2. The Morgan fingerprint density at radius 1 is 0.795 bits per heavy atom. The van der Waals surface area contributed by atoms with E-state index in [9.17, 15) is 9.90 Å². The van der Waals surface area contributed by atoms with Crippen LogP contribution in [-0.4, -0.2) is 34.3 Å². The molecule has 4 aromatic rings. The molecule has 0 spiro atoms. The molecule has 6 nitrogen and oxygen atoms in total.